The summed E-state index contributed by atoms with van der Waals surface area (Å²) in [5, 5.41) is 2.18. The van der Waals surface area contributed by atoms with Gasteiger partial charge in [0.05, 0.1) is 0 Å². The maximum absolute atomic E-state index is 6.19. The van der Waals surface area contributed by atoms with Crippen LogP contribution in [0.25, 0.3) is 16.8 Å². The summed E-state index contributed by atoms with van der Waals surface area (Å²) in [6.45, 7) is 0. The van der Waals surface area contributed by atoms with Crippen molar-refractivity contribution < 1.29 is 4.74 Å². The van der Waals surface area contributed by atoms with Crippen LogP contribution in [0.15, 0.2) is 36.4 Å². The molecule has 1 aliphatic carbocycles. The van der Waals surface area contributed by atoms with E-state index in [1.165, 1.54) is 0 Å². The molecule has 84 valence electrons. The highest BCUT2D eigenvalue weighted by atomic mass is 16.6. The van der Waals surface area contributed by atoms with Gasteiger partial charge < -0.3 is 10.5 Å². The molecule has 0 saturated carbocycles. The third-order valence-electron chi connectivity index (χ3n) is 3.64. The van der Waals surface area contributed by atoms with Crippen molar-refractivity contribution in [1.29, 1.82) is 0 Å². The lowest BCUT2D eigenvalue weighted by Gasteiger charge is -2.16. The third kappa shape index (κ3) is 1.07. The van der Waals surface area contributed by atoms with Crippen molar-refractivity contribution in [3.05, 3.63) is 47.5 Å². The second kappa shape index (κ2) is 2.70. The van der Waals surface area contributed by atoms with Crippen LogP contribution in [0.2, 0.25) is 0 Å². The molecule has 2 aliphatic rings. The van der Waals surface area contributed by atoms with Gasteiger partial charge in [0.1, 0.15) is 6.10 Å². The number of nitrogens with two attached hydrogens (primary N) is 2. The maximum Gasteiger partial charge on any atom is 0.174 e. The van der Waals surface area contributed by atoms with E-state index in [2.05, 4.69) is 18.2 Å². The Morgan fingerprint density at radius 3 is 3.00 bits per heavy atom. The fraction of sp³-hybridized carbons (Fsp3) is 0.143. The molecular formula is C14H12N2O. The van der Waals surface area contributed by atoms with E-state index in [0.29, 0.717) is 0 Å². The van der Waals surface area contributed by atoms with Gasteiger partial charge in [0, 0.05) is 16.6 Å². The first-order valence-electron chi connectivity index (χ1n) is 5.66. The van der Waals surface area contributed by atoms with Crippen molar-refractivity contribution in [3.63, 3.8) is 0 Å². The molecular weight excluding hydrogens is 212 g/mol. The molecule has 0 radical (unpaired) electrons. The summed E-state index contributed by atoms with van der Waals surface area (Å²) >= 11 is 0. The SMILES string of the molecule is Nc1cccc2cc3c(cc12)C=CC1OC31N. The molecule has 1 saturated heterocycles. The topological polar surface area (TPSA) is 64.6 Å². The van der Waals surface area contributed by atoms with Gasteiger partial charge in [-0.2, -0.15) is 0 Å². The molecule has 4 N–H and O–H groups in total. The lowest BCUT2D eigenvalue weighted by atomic mass is 9.90. The van der Waals surface area contributed by atoms with Crippen molar-refractivity contribution in [2.24, 2.45) is 5.73 Å². The van der Waals surface area contributed by atoms with Gasteiger partial charge in [0.2, 0.25) is 0 Å². The van der Waals surface area contributed by atoms with E-state index >= 15 is 0 Å². The smallest absolute Gasteiger partial charge is 0.174 e. The van der Waals surface area contributed by atoms with Crippen molar-refractivity contribution in [1.82, 2.24) is 0 Å². The molecule has 0 amide bonds. The Kier molecular flexibility index (Phi) is 1.46. The molecule has 3 nitrogen and oxygen atoms in total. The molecule has 2 aromatic carbocycles. The average Bonchev–Trinajstić information content (AvgIpc) is 3.00. The van der Waals surface area contributed by atoms with Gasteiger partial charge in [-0.25, -0.2) is 0 Å². The molecule has 0 bridgehead atoms. The fourth-order valence-electron chi connectivity index (χ4n) is 2.61. The summed E-state index contributed by atoms with van der Waals surface area (Å²) in [5.74, 6) is 0. The third-order valence-corrected chi connectivity index (χ3v) is 3.64. The van der Waals surface area contributed by atoms with Crippen LogP contribution in [0.5, 0.6) is 0 Å². The number of fused-ring (bicyclic) bond motifs is 4. The Labute approximate surface area is 98.7 Å². The van der Waals surface area contributed by atoms with E-state index < -0.39 is 5.72 Å². The van der Waals surface area contributed by atoms with E-state index in [-0.39, 0.29) is 6.10 Å². The van der Waals surface area contributed by atoms with Crippen molar-refractivity contribution in [2.45, 2.75) is 11.8 Å². The van der Waals surface area contributed by atoms with E-state index in [1.807, 2.05) is 24.3 Å². The summed E-state index contributed by atoms with van der Waals surface area (Å²) in [6, 6.07) is 10.1. The normalized spacial score (nSPS) is 28.9. The van der Waals surface area contributed by atoms with Gasteiger partial charge in [-0.05, 0) is 29.1 Å². The van der Waals surface area contributed by atoms with Crippen molar-refractivity contribution in [2.75, 3.05) is 5.73 Å². The number of nitrogen functional groups attached to an aromatic ring is 1. The van der Waals surface area contributed by atoms with Crippen LogP contribution in [0, 0.1) is 0 Å². The Bertz CT molecular complexity index is 677. The molecule has 0 aromatic heterocycles. The van der Waals surface area contributed by atoms with E-state index in [0.717, 1.165) is 27.6 Å². The largest absolute Gasteiger partial charge is 0.398 e. The highest BCUT2D eigenvalue weighted by molar-refractivity contribution is 5.95. The Balaban J connectivity index is 2.09. The standard InChI is InChI=1S/C14H12N2O/c15-12-3-1-2-8-7-11-9(6-10(8)12)4-5-13-14(11,16)17-13/h1-7,13H,15-16H2. The van der Waals surface area contributed by atoms with Gasteiger partial charge in [0.15, 0.2) is 5.72 Å². The number of hydrogen-bond acceptors (Lipinski definition) is 3. The number of epoxide rings is 1. The van der Waals surface area contributed by atoms with Gasteiger partial charge in [0.25, 0.3) is 0 Å². The van der Waals surface area contributed by atoms with Gasteiger partial charge in [-0.15, -0.1) is 0 Å². The lowest BCUT2D eigenvalue weighted by Crippen LogP contribution is -2.26. The Morgan fingerprint density at radius 1 is 1.24 bits per heavy atom. The van der Waals surface area contributed by atoms with Crippen LogP contribution in [0.4, 0.5) is 5.69 Å². The van der Waals surface area contributed by atoms with Crippen LogP contribution in [0.3, 0.4) is 0 Å². The minimum Gasteiger partial charge on any atom is -0.398 e. The molecule has 4 rings (SSSR count). The number of ether oxygens (including phenoxy) is 1. The minimum absolute atomic E-state index is 0.0357. The lowest BCUT2D eigenvalue weighted by molar-refractivity contribution is 0.310. The zero-order chi connectivity index (χ0) is 11.6. The van der Waals surface area contributed by atoms with Crippen LogP contribution in [-0.4, -0.2) is 6.10 Å². The predicted octanol–water partition coefficient (Wildman–Crippen LogP) is 1.96. The van der Waals surface area contributed by atoms with Crippen LogP contribution in [0.1, 0.15) is 11.1 Å². The second-order valence-electron chi connectivity index (χ2n) is 4.70. The first-order valence-corrected chi connectivity index (χ1v) is 5.66. The summed E-state index contributed by atoms with van der Waals surface area (Å²) in [5.41, 5.74) is 14.5. The van der Waals surface area contributed by atoms with Gasteiger partial charge >= 0.3 is 0 Å². The highest BCUT2D eigenvalue weighted by Crippen LogP contribution is 2.48. The highest BCUT2D eigenvalue weighted by Gasteiger charge is 2.55. The average molecular weight is 224 g/mol. The summed E-state index contributed by atoms with van der Waals surface area (Å²) in [7, 11) is 0. The molecule has 2 unspecified atom stereocenters. The molecule has 1 fully saturated rings. The van der Waals surface area contributed by atoms with Crippen molar-refractivity contribution >= 4 is 22.5 Å². The van der Waals surface area contributed by atoms with Gasteiger partial charge in [-0.1, -0.05) is 24.3 Å². The summed E-state index contributed by atoms with van der Waals surface area (Å²) in [6.07, 6.45) is 4.10. The molecule has 3 heteroatoms. The zero-order valence-electron chi connectivity index (χ0n) is 9.18. The van der Waals surface area contributed by atoms with Crippen LogP contribution in [-0.2, 0) is 10.5 Å². The van der Waals surface area contributed by atoms with Crippen molar-refractivity contribution in [3.8, 4) is 0 Å². The second-order valence-corrected chi connectivity index (χ2v) is 4.70. The first kappa shape index (κ1) is 9.22. The van der Waals surface area contributed by atoms with E-state index in [1.54, 1.807) is 0 Å². The van der Waals surface area contributed by atoms with Gasteiger partial charge in [-0.3, -0.25) is 5.73 Å². The molecule has 2 aromatic rings. The zero-order valence-corrected chi connectivity index (χ0v) is 9.18. The summed E-state index contributed by atoms with van der Waals surface area (Å²) < 4.78 is 5.53. The minimum atomic E-state index is -0.608. The summed E-state index contributed by atoms with van der Waals surface area (Å²) in [4.78, 5) is 0. The van der Waals surface area contributed by atoms with Crippen LogP contribution >= 0.6 is 0 Å². The number of anilines is 1. The number of hydrogen-bond donors (Lipinski definition) is 2. The Morgan fingerprint density at radius 2 is 2.12 bits per heavy atom. The maximum atomic E-state index is 6.19. The fourth-order valence-corrected chi connectivity index (χ4v) is 2.61. The predicted molar refractivity (Wildman–Crippen MR) is 68.1 cm³/mol. The molecule has 1 aliphatic heterocycles. The van der Waals surface area contributed by atoms with E-state index in [4.69, 9.17) is 16.2 Å². The monoisotopic (exact) mass is 224 g/mol. The number of benzene rings is 2. The quantitative estimate of drug-likeness (QED) is 0.531. The molecule has 0 spiro atoms. The molecule has 1 heterocycles. The Hall–Kier alpha value is -1.84. The first-order chi connectivity index (χ1) is 8.18. The molecule has 17 heavy (non-hydrogen) atoms. The van der Waals surface area contributed by atoms with Crippen LogP contribution < -0.4 is 11.5 Å². The molecule has 2 atom stereocenters. The van der Waals surface area contributed by atoms with E-state index in [9.17, 15) is 0 Å². The number of rotatable bonds is 0.